The summed E-state index contributed by atoms with van der Waals surface area (Å²) in [5.74, 6) is 1.07. The molecule has 28 heavy (non-hydrogen) atoms. The number of piperazine rings is 1. The Kier molecular flexibility index (Phi) is 6.22. The van der Waals surface area contributed by atoms with E-state index in [9.17, 15) is 0 Å². The molecule has 2 saturated heterocycles. The van der Waals surface area contributed by atoms with E-state index in [2.05, 4.69) is 56.3 Å². The molecule has 1 N–H and O–H groups in total. The summed E-state index contributed by atoms with van der Waals surface area (Å²) in [6.07, 6.45) is 7.00. The quantitative estimate of drug-likeness (QED) is 0.640. The first-order chi connectivity index (χ1) is 13.7. The van der Waals surface area contributed by atoms with Crippen LogP contribution in [0.4, 0.5) is 0 Å². The highest BCUT2D eigenvalue weighted by Gasteiger charge is 2.41. The lowest BCUT2D eigenvalue weighted by Gasteiger charge is -2.32. The molecule has 0 atom stereocenters. The molecule has 0 bridgehead atoms. The molecule has 5 nitrogen and oxygen atoms in total. The van der Waals surface area contributed by atoms with Gasteiger partial charge in [-0.05, 0) is 42.9 Å². The number of benzene rings is 1. The van der Waals surface area contributed by atoms with Crippen molar-refractivity contribution in [3.05, 3.63) is 35.4 Å². The summed E-state index contributed by atoms with van der Waals surface area (Å²) in [5, 5.41) is 3.60. The Labute approximate surface area is 170 Å². The predicted octanol–water partition coefficient (Wildman–Crippen LogP) is 2.78. The molecule has 5 heteroatoms. The minimum Gasteiger partial charge on any atom is -0.352 e. The third-order valence-corrected chi connectivity index (χ3v) is 7.09. The fourth-order valence-electron chi connectivity index (χ4n) is 5.19. The lowest BCUT2D eigenvalue weighted by molar-refractivity contribution is 0.148. The van der Waals surface area contributed by atoms with Gasteiger partial charge in [-0.15, -0.1) is 0 Å². The van der Waals surface area contributed by atoms with E-state index in [4.69, 9.17) is 0 Å². The van der Waals surface area contributed by atoms with Crippen LogP contribution in [0.1, 0.15) is 43.2 Å². The van der Waals surface area contributed by atoms with Gasteiger partial charge in [0.2, 0.25) is 0 Å². The summed E-state index contributed by atoms with van der Waals surface area (Å²) in [6.45, 7) is 8.98. The van der Waals surface area contributed by atoms with Crippen LogP contribution < -0.4 is 5.32 Å². The number of likely N-dealkylation sites (N-methyl/N-ethyl adjacent to an activating group) is 1. The van der Waals surface area contributed by atoms with Gasteiger partial charge in [-0.1, -0.05) is 37.1 Å². The standard InChI is InChI=1S/C23H37N5/c1-24-22(28-12-11-23(19-28)9-3-4-10-23)25-17-20-5-7-21(8-6-20)18-27-15-13-26(2)14-16-27/h5-8H,3-4,9-19H2,1-2H3,(H,24,25). The zero-order valence-electron chi connectivity index (χ0n) is 17.8. The van der Waals surface area contributed by atoms with Crippen LogP contribution in [0.5, 0.6) is 0 Å². The number of aliphatic imine (C=N–C) groups is 1. The lowest BCUT2D eigenvalue weighted by Crippen LogP contribution is -2.43. The van der Waals surface area contributed by atoms with Crippen molar-refractivity contribution >= 4 is 5.96 Å². The number of hydrogen-bond acceptors (Lipinski definition) is 3. The van der Waals surface area contributed by atoms with Crippen molar-refractivity contribution in [1.29, 1.82) is 0 Å². The second-order valence-electron chi connectivity index (χ2n) is 9.18. The van der Waals surface area contributed by atoms with Gasteiger partial charge in [-0.25, -0.2) is 0 Å². The third kappa shape index (κ3) is 4.69. The van der Waals surface area contributed by atoms with E-state index in [0.29, 0.717) is 5.41 Å². The normalized spacial score (nSPS) is 23.6. The highest BCUT2D eigenvalue weighted by Crippen LogP contribution is 2.45. The molecular weight excluding hydrogens is 346 g/mol. The Morgan fingerprint density at radius 2 is 1.64 bits per heavy atom. The van der Waals surface area contributed by atoms with Crippen molar-refractivity contribution in [1.82, 2.24) is 20.0 Å². The van der Waals surface area contributed by atoms with Crippen molar-refractivity contribution in [3.8, 4) is 0 Å². The second kappa shape index (κ2) is 8.83. The highest BCUT2D eigenvalue weighted by atomic mass is 15.3. The van der Waals surface area contributed by atoms with Gasteiger partial charge in [0, 0.05) is 59.4 Å². The number of rotatable bonds is 4. The number of hydrogen-bond donors (Lipinski definition) is 1. The molecule has 154 valence electrons. The molecule has 1 aromatic carbocycles. The van der Waals surface area contributed by atoms with E-state index in [-0.39, 0.29) is 0 Å². The second-order valence-corrected chi connectivity index (χ2v) is 9.18. The summed E-state index contributed by atoms with van der Waals surface area (Å²) in [6, 6.07) is 9.13. The fraction of sp³-hybridized carbons (Fsp3) is 0.696. The number of nitrogens with zero attached hydrogens (tertiary/aromatic N) is 4. The van der Waals surface area contributed by atoms with E-state index >= 15 is 0 Å². The molecule has 0 amide bonds. The lowest BCUT2D eigenvalue weighted by atomic mass is 9.86. The smallest absolute Gasteiger partial charge is 0.193 e. The molecule has 1 aromatic rings. The Balaban J connectivity index is 1.26. The molecule has 0 aromatic heterocycles. The SMILES string of the molecule is CN=C(NCc1ccc(CN2CCN(C)CC2)cc1)N1CCC2(CCCC2)C1. The molecule has 1 saturated carbocycles. The summed E-state index contributed by atoms with van der Waals surface area (Å²) in [7, 11) is 4.13. The van der Waals surface area contributed by atoms with E-state index in [0.717, 1.165) is 25.6 Å². The Hall–Kier alpha value is -1.59. The van der Waals surface area contributed by atoms with Gasteiger partial charge < -0.3 is 15.1 Å². The molecule has 3 aliphatic rings. The Bertz CT molecular complexity index is 654. The summed E-state index contributed by atoms with van der Waals surface area (Å²) < 4.78 is 0. The van der Waals surface area contributed by atoms with Crippen molar-refractivity contribution in [2.45, 2.75) is 45.2 Å². The summed E-state index contributed by atoms with van der Waals surface area (Å²) in [5.41, 5.74) is 3.33. The largest absolute Gasteiger partial charge is 0.352 e. The van der Waals surface area contributed by atoms with Crippen LogP contribution >= 0.6 is 0 Å². The van der Waals surface area contributed by atoms with Crippen LogP contribution in [0.2, 0.25) is 0 Å². The van der Waals surface area contributed by atoms with Gasteiger partial charge >= 0.3 is 0 Å². The topological polar surface area (TPSA) is 34.1 Å². The Morgan fingerprint density at radius 1 is 0.964 bits per heavy atom. The number of guanidine groups is 1. The van der Waals surface area contributed by atoms with Gasteiger partial charge in [0.1, 0.15) is 0 Å². The zero-order chi connectivity index (χ0) is 19.4. The first-order valence-corrected chi connectivity index (χ1v) is 11.1. The van der Waals surface area contributed by atoms with Gasteiger partial charge in [0.15, 0.2) is 5.96 Å². The molecule has 0 unspecified atom stereocenters. The molecule has 1 aliphatic carbocycles. The average Bonchev–Trinajstić information content (AvgIpc) is 3.35. The first kappa shape index (κ1) is 19.7. The van der Waals surface area contributed by atoms with Crippen molar-refractivity contribution in [2.75, 3.05) is 53.4 Å². The molecule has 1 spiro atoms. The van der Waals surface area contributed by atoms with Gasteiger partial charge in [0.25, 0.3) is 0 Å². The van der Waals surface area contributed by atoms with E-state index < -0.39 is 0 Å². The molecule has 3 fully saturated rings. The maximum atomic E-state index is 4.56. The van der Waals surface area contributed by atoms with E-state index in [1.54, 1.807) is 0 Å². The molecule has 2 heterocycles. The van der Waals surface area contributed by atoms with Gasteiger partial charge in [-0.3, -0.25) is 9.89 Å². The van der Waals surface area contributed by atoms with Crippen LogP contribution in [-0.4, -0.2) is 74.0 Å². The molecular formula is C23H37N5. The molecule has 0 radical (unpaired) electrons. The maximum Gasteiger partial charge on any atom is 0.193 e. The first-order valence-electron chi connectivity index (χ1n) is 11.1. The minimum atomic E-state index is 0.586. The maximum absolute atomic E-state index is 4.56. The fourth-order valence-corrected chi connectivity index (χ4v) is 5.19. The van der Waals surface area contributed by atoms with Crippen LogP contribution in [0.25, 0.3) is 0 Å². The van der Waals surface area contributed by atoms with E-state index in [1.165, 1.54) is 76.0 Å². The number of likely N-dealkylation sites (tertiary alicyclic amines) is 1. The van der Waals surface area contributed by atoms with Crippen LogP contribution in [0.15, 0.2) is 29.3 Å². The Morgan fingerprint density at radius 3 is 2.32 bits per heavy atom. The van der Waals surface area contributed by atoms with Crippen LogP contribution in [-0.2, 0) is 13.1 Å². The van der Waals surface area contributed by atoms with E-state index in [1.807, 2.05) is 7.05 Å². The zero-order valence-corrected chi connectivity index (χ0v) is 17.8. The number of nitrogens with one attached hydrogen (secondary N) is 1. The predicted molar refractivity (Wildman–Crippen MR) is 117 cm³/mol. The van der Waals surface area contributed by atoms with Crippen LogP contribution in [0, 0.1) is 5.41 Å². The third-order valence-electron chi connectivity index (χ3n) is 7.09. The minimum absolute atomic E-state index is 0.586. The highest BCUT2D eigenvalue weighted by molar-refractivity contribution is 5.80. The van der Waals surface area contributed by atoms with Gasteiger partial charge in [0.05, 0.1) is 0 Å². The van der Waals surface area contributed by atoms with Crippen molar-refractivity contribution < 1.29 is 0 Å². The molecule has 4 rings (SSSR count). The van der Waals surface area contributed by atoms with Gasteiger partial charge in [-0.2, -0.15) is 0 Å². The summed E-state index contributed by atoms with van der Waals surface area (Å²) >= 11 is 0. The summed E-state index contributed by atoms with van der Waals surface area (Å²) in [4.78, 5) is 12.0. The average molecular weight is 384 g/mol. The van der Waals surface area contributed by atoms with Crippen molar-refractivity contribution in [2.24, 2.45) is 10.4 Å². The van der Waals surface area contributed by atoms with Crippen LogP contribution in [0.3, 0.4) is 0 Å². The van der Waals surface area contributed by atoms with Crippen molar-refractivity contribution in [3.63, 3.8) is 0 Å². The molecule has 2 aliphatic heterocycles. The monoisotopic (exact) mass is 383 g/mol.